The van der Waals surface area contributed by atoms with Gasteiger partial charge in [0.2, 0.25) is 5.91 Å². The van der Waals surface area contributed by atoms with Crippen molar-refractivity contribution in [3.8, 4) is 0 Å². The van der Waals surface area contributed by atoms with Gasteiger partial charge >= 0.3 is 0 Å². The van der Waals surface area contributed by atoms with E-state index in [1.807, 2.05) is 6.07 Å². The van der Waals surface area contributed by atoms with Gasteiger partial charge in [0.25, 0.3) is 0 Å². The van der Waals surface area contributed by atoms with Crippen LogP contribution in [0.2, 0.25) is 0 Å². The Morgan fingerprint density at radius 2 is 1.71 bits per heavy atom. The lowest BCUT2D eigenvalue weighted by Gasteiger charge is -2.34. The Labute approximate surface area is 169 Å². The molecular weight excluding hydrogens is 344 g/mol. The van der Waals surface area contributed by atoms with Crippen molar-refractivity contribution in [1.82, 2.24) is 10.2 Å². The number of nitrogens with one attached hydrogen (secondary N) is 1. The molecule has 1 saturated heterocycles. The third kappa shape index (κ3) is 4.47. The number of piperidine rings is 1. The van der Waals surface area contributed by atoms with Crippen LogP contribution in [0, 0.1) is 11.3 Å². The predicted molar refractivity (Wildman–Crippen MR) is 114 cm³/mol. The van der Waals surface area contributed by atoms with Crippen molar-refractivity contribution in [2.24, 2.45) is 11.3 Å². The highest BCUT2D eigenvalue weighted by Gasteiger charge is 2.58. The van der Waals surface area contributed by atoms with E-state index in [-0.39, 0.29) is 11.8 Å². The molecular formula is C25H32N2O. The predicted octanol–water partition coefficient (Wildman–Crippen LogP) is 4.25. The summed E-state index contributed by atoms with van der Waals surface area (Å²) in [5.41, 5.74) is 3.00. The van der Waals surface area contributed by atoms with Crippen LogP contribution in [0.4, 0.5) is 0 Å². The molecule has 2 atom stereocenters. The lowest BCUT2D eigenvalue weighted by Crippen LogP contribution is -2.39. The molecule has 2 aromatic rings. The fourth-order valence-corrected chi connectivity index (χ4v) is 4.82. The molecule has 1 aliphatic carbocycles. The van der Waals surface area contributed by atoms with Crippen molar-refractivity contribution in [1.29, 1.82) is 0 Å². The van der Waals surface area contributed by atoms with Gasteiger partial charge in [-0.2, -0.15) is 0 Å². The molecule has 2 aromatic carbocycles. The molecule has 3 nitrogen and oxygen atoms in total. The van der Waals surface area contributed by atoms with Gasteiger partial charge < -0.3 is 10.2 Å². The molecule has 28 heavy (non-hydrogen) atoms. The number of carbonyl (C=O) groups is 1. The van der Waals surface area contributed by atoms with Crippen LogP contribution < -0.4 is 5.32 Å². The number of amides is 1. The fourth-order valence-electron chi connectivity index (χ4n) is 4.82. The van der Waals surface area contributed by atoms with Crippen LogP contribution in [0.3, 0.4) is 0 Å². The zero-order valence-electron chi connectivity index (χ0n) is 16.9. The van der Waals surface area contributed by atoms with E-state index in [9.17, 15) is 4.79 Å². The van der Waals surface area contributed by atoms with Gasteiger partial charge in [0.1, 0.15) is 0 Å². The molecule has 3 heteroatoms. The summed E-state index contributed by atoms with van der Waals surface area (Å²) in [5.74, 6) is 1.09. The summed E-state index contributed by atoms with van der Waals surface area (Å²) in [7, 11) is 0. The number of nitrogens with zero attached hydrogens (tertiary/aromatic N) is 1. The maximum atomic E-state index is 12.6. The minimum absolute atomic E-state index is 0.247. The van der Waals surface area contributed by atoms with Crippen LogP contribution >= 0.6 is 0 Å². The summed E-state index contributed by atoms with van der Waals surface area (Å²) in [6, 6.07) is 21.2. The molecule has 1 heterocycles. The number of benzene rings is 2. The molecule has 2 aliphatic rings. The Bertz CT molecular complexity index is 766. The van der Waals surface area contributed by atoms with Gasteiger partial charge in [-0.1, -0.05) is 67.6 Å². The Balaban J connectivity index is 1.19. The first-order valence-electron chi connectivity index (χ1n) is 10.8. The van der Waals surface area contributed by atoms with Crippen molar-refractivity contribution in [3.05, 3.63) is 71.8 Å². The van der Waals surface area contributed by atoms with Crippen molar-refractivity contribution in [2.45, 2.75) is 38.5 Å². The zero-order chi connectivity index (χ0) is 19.4. The molecule has 0 aromatic heterocycles. The Morgan fingerprint density at radius 3 is 2.39 bits per heavy atom. The second kappa shape index (κ2) is 8.48. The Hall–Kier alpha value is -2.13. The fraction of sp³-hybridized carbons (Fsp3) is 0.480. The molecule has 4 rings (SSSR count). The lowest BCUT2D eigenvalue weighted by atomic mass is 9.89. The first-order chi connectivity index (χ1) is 13.7. The van der Waals surface area contributed by atoms with E-state index in [1.54, 1.807) is 0 Å². The number of rotatable bonds is 7. The topological polar surface area (TPSA) is 32.3 Å². The first-order valence-corrected chi connectivity index (χ1v) is 10.8. The normalized spacial score (nSPS) is 22.0. The molecule has 0 bridgehead atoms. The molecule has 1 N–H and O–H groups in total. The third-order valence-electron chi connectivity index (χ3n) is 6.81. The second-order valence-corrected chi connectivity index (χ2v) is 8.76. The van der Waals surface area contributed by atoms with Gasteiger partial charge in [0.15, 0.2) is 0 Å². The number of hydrogen-bond acceptors (Lipinski definition) is 2. The highest BCUT2D eigenvalue weighted by atomic mass is 16.2. The van der Waals surface area contributed by atoms with Gasteiger partial charge in [-0.25, -0.2) is 0 Å². The largest absolute Gasteiger partial charge is 0.356 e. The summed E-state index contributed by atoms with van der Waals surface area (Å²) in [4.78, 5) is 15.2. The second-order valence-electron chi connectivity index (χ2n) is 8.76. The summed E-state index contributed by atoms with van der Waals surface area (Å²) in [6.45, 7) is 6.44. The molecule has 1 saturated carbocycles. The van der Waals surface area contributed by atoms with E-state index in [0.717, 1.165) is 39.0 Å². The zero-order valence-corrected chi connectivity index (χ0v) is 16.9. The smallest absolute Gasteiger partial charge is 0.223 e. The van der Waals surface area contributed by atoms with Gasteiger partial charge in [0, 0.05) is 19.0 Å². The SMILES string of the molecule is C[C@H](CN1CCC2(CC1)C[C@@H]2C(=O)NCCc1ccccc1)c1ccccc1. The molecule has 0 unspecified atom stereocenters. The molecule has 1 aliphatic heterocycles. The molecule has 0 radical (unpaired) electrons. The summed E-state index contributed by atoms with van der Waals surface area (Å²) < 4.78 is 0. The Morgan fingerprint density at radius 1 is 1.07 bits per heavy atom. The van der Waals surface area contributed by atoms with E-state index < -0.39 is 0 Å². The van der Waals surface area contributed by atoms with Crippen LogP contribution in [0.5, 0.6) is 0 Å². The number of likely N-dealkylation sites (tertiary alicyclic amines) is 1. The van der Waals surface area contributed by atoms with Gasteiger partial charge in [-0.15, -0.1) is 0 Å². The van der Waals surface area contributed by atoms with Crippen molar-refractivity contribution in [3.63, 3.8) is 0 Å². The van der Waals surface area contributed by atoms with Gasteiger partial charge in [0.05, 0.1) is 0 Å². The monoisotopic (exact) mass is 376 g/mol. The summed E-state index contributed by atoms with van der Waals surface area (Å²) in [6.07, 6.45) is 4.35. The van der Waals surface area contributed by atoms with Crippen LogP contribution in [0.25, 0.3) is 0 Å². The molecule has 2 fully saturated rings. The average molecular weight is 377 g/mol. The van der Waals surface area contributed by atoms with E-state index in [4.69, 9.17) is 0 Å². The van der Waals surface area contributed by atoms with E-state index in [2.05, 4.69) is 71.7 Å². The minimum Gasteiger partial charge on any atom is -0.356 e. The number of hydrogen-bond donors (Lipinski definition) is 1. The van der Waals surface area contributed by atoms with Crippen LogP contribution in [0.1, 0.15) is 43.2 Å². The Kier molecular flexibility index (Phi) is 5.82. The van der Waals surface area contributed by atoms with Crippen molar-refractivity contribution in [2.75, 3.05) is 26.2 Å². The van der Waals surface area contributed by atoms with Gasteiger partial charge in [-0.05, 0) is 61.2 Å². The maximum Gasteiger partial charge on any atom is 0.223 e. The molecule has 148 valence electrons. The third-order valence-corrected chi connectivity index (χ3v) is 6.81. The molecule has 1 spiro atoms. The van der Waals surface area contributed by atoms with E-state index in [0.29, 0.717) is 11.3 Å². The van der Waals surface area contributed by atoms with Crippen molar-refractivity contribution < 1.29 is 4.79 Å². The maximum absolute atomic E-state index is 12.6. The summed E-state index contributed by atoms with van der Waals surface area (Å²) in [5, 5.41) is 3.18. The van der Waals surface area contributed by atoms with Crippen LogP contribution in [0.15, 0.2) is 60.7 Å². The highest BCUT2D eigenvalue weighted by Crippen LogP contribution is 2.59. The minimum atomic E-state index is 0.247. The average Bonchev–Trinajstić information content (AvgIpc) is 3.45. The van der Waals surface area contributed by atoms with Gasteiger partial charge in [-0.3, -0.25) is 4.79 Å². The van der Waals surface area contributed by atoms with E-state index >= 15 is 0 Å². The lowest BCUT2D eigenvalue weighted by molar-refractivity contribution is -0.123. The quantitative estimate of drug-likeness (QED) is 0.783. The van der Waals surface area contributed by atoms with E-state index in [1.165, 1.54) is 24.0 Å². The summed E-state index contributed by atoms with van der Waals surface area (Å²) >= 11 is 0. The molecule has 1 amide bonds. The standard InChI is InChI=1S/C25H32N2O/c1-20(22-10-6-3-7-11-22)19-27-16-13-25(14-17-27)18-23(25)24(28)26-15-12-21-8-4-2-5-9-21/h2-11,20,23H,12-19H2,1H3,(H,26,28)/t20-,23-/m1/s1. The van der Waals surface area contributed by atoms with Crippen LogP contribution in [-0.4, -0.2) is 37.0 Å². The highest BCUT2D eigenvalue weighted by molar-refractivity contribution is 5.82. The van der Waals surface area contributed by atoms with Crippen molar-refractivity contribution >= 4 is 5.91 Å². The first kappa shape index (κ1) is 19.2. The van der Waals surface area contributed by atoms with Crippen LogP contribution in [-0.2, 0) is 11.2 Å². The number of carbonyl (C=O) groups excluding carboxylic acids is 1.